The molecule has 2 aromatic carbocycles. The summed E-state index contributed by atoms with van der Waals surface area (Å²) < 4.78 is 10.8. The van der Waals surface area contributed by atoms with Gasteiger partial charge in [-0.15, -0.1) is 0 Å². The molecule has 1 aliphatic carbocycles. The Morgan fingerprint density at radius 2 is 1.70 bits per heavy atom. The molecule has 1 fully saturated rings. The lowest BCUT2D eigenvalue weighted by molar-refractivity contribution is 0.146. The van der Waals surface area contributed by atoms with Crippen LogP contribution in [0.3, 0.4) is 0 Å². The van der Waals surface area contributed by atoms with Gasteiger partial charge in [-0.1, -0.05) is 30.3 Å². The van der Waals surface area contributed by atoms with Crippen molar-refractivity contribution in [1.29, 1.82) is 0 Å². The highest BCUT2D eigenvalue weighted by molar-refractivity contribution is 5.76. The van der Waals surface area contributed by atoms with E-state index in [1.54, 1.807) is 14.2 Å². The monoisotopic (exact) mass is 366 g/mol. The van der Waals surface area contributed by atoms with Crippen LogP contribution in [0.4, 0.5) is 4.79 Å². The Balaban J connectivity index is 1.51. The van der Waals surface area contributed by atoms with Crippen molar-refractivity contribution in [2.24, 2.45) is 0 Å². The topological polar surface area (TPSA) is 50.8 Å². The number of carbonyl (C=O) groups excluding carboxylic acids is 1. The zero-order valence-electron chi connectivity index (χ0n) is 16.0. The standard InChI is InChI=1S/C22H26N2O3/c1-26-19-13-16-9-12-24(15-17(16)14-20(19)27-2)21(25)23-22(10-6-11-22)18-7-4-3-5-8-18/h3-5,7-8,13-14H,6,9-12,15H2,1-2H3,(H,23,25). The summed E-state index contributed by atoms with van der Waals surface area (Å²) in [5.41, 5.74) is 3.33. The van der Waals surface area contributed by atoms with Crippen molar-refractivity contribution in [3.63, 3.8) is 0 Å². The molecule has 4 rings (SSSR count). The zero-order valence-corrected chi connectivity index (χ0v) is 16.0. The van der Waals surface area contributed by atoms with E-state index in [4.69, 9.17) is 9.47 Å². The van der Waals surface area contributed by atoms with E-state index in [-0.39, 0.29) is 11.6 Å². The van der Waals surface area contributed by atoms with Gasteiger partial charge in [-0.05, 0) is 54.5 Å². The molecule has 0 radical (unpaired) electrons. The first-order chi connectivity index (χ1) is 13.1. The number of amides is 2. The summed E-state index contributed by atoms with van der Waals surface area (Å²) in [5.74, 6) is 1.45. The van der Waals surface area contributed by atoms with Crippen LogP contribution in [0.25, 0.3) is 0 Å². The zero-order chi connectivity index (χ0) is 18.9. The van der Waals surface area contributed by atoms with Crippen LogP contribution in [-0.2, 0) is 18.5 Å². The van der Waals surface area contributed by atoms with Crippen LogP contribution in [0.15, 0.2) is 42.5 Å². The van der Waals surface area contributed by atoms with Crippen molar-refractivity contribution in [1.82, 2.24) is 10.2 Å². The lowest BCUT2D eigenvalue weighted by Crippen LogP contribution is -2.55. The van der Waals surface area contributed by atoms with E-state index < -0.39 is 0 Å². The molecule has 2 aliphatic rings. The van der Waals surface area contributed by atoms with E-state index in [0.717, 1.165) is 37.0 Å². The molecule has 0 bridgehead atoms. The molecular weight excluding hydrogens is 340 g/mol. The molecule has 5 heteroatoms. The first-order valence-electron chi connectivity index (χ1n) is 9.51. The van der Waals surface area contributed by atoms with Gasteiger partial charge in [0.05, 0.1) is 19.8 Å². The van der Waals surface area contributed by atoms with Gasteiger partial charge in [0.1, 0.15) is 0 Å². The number of carbonyl (C=O) groups is 1. The fourth-order valence-electron chi connectivity index (χ4n) is 4.11. The molecule has 1 heterocycles. The first-order valence-corrected chi connectivity index (χ1v) is 9.51. The number of methoxy groups -OCH3 is 2. The van der Waals surface area contributed by atoms with Crippen LogP contribution in [-0.4, -0.2) is 31.7 Å². The van der Waals surface area contributed by atoms with Gasteiger partial charge in [0.15, 0.2) is 11.5 Å². The molecule has 1 aliphatic heterocycles. The van der Waals surface area contributed by atoms with Gasteiger partial charge < -0.3 is 19.7 Å². The smallest absolute Gasteiger partial charge is 0.318 e. The molecule has 1 N–H and O–H groups in total. The maximum atomic E-state index is 13.0. The van der Waals surface area contributed by atoms with Crippen LogP contribution >= 0.6 is 0 Å². The average molecular weight is 366 g/mol. The van der Waals surface area contributed by atoms with Gasteiger partial charge in [-0.3, -0.25) is 0 Å². The highest BCUT2D eigenvalue weighted by Gasteiger charge is 2.41. The van der Waals surface area contributed by atoms with Crippen LogP contribution in [0.2, 0.25) is 0 Å². The van der Waals surface area contributed by atoms with E-state index >= 15 is 0 Å². The third kappa shape index (κ3) is 3.22. The number of rotatable bonds is 4. The lowest BCUT2D eigenvalue weighted by atomic mass is 9.72. The molecule has 2 aromatic rings. The maximum absolute atomic E-state index is 13.0. The summed E-state index contributed by atoms with van der Waals surface area (Å²) in [7, 11) is 3.28. The minimum Gasteiger partial charge on any atom is -0.493 e. The Bertz CT molecular complexity index is 831. The molecule has 142 valence electrons. The highest BCUT2D eigenvalue weighted by atomic mass is 16.5. The fraction of sp³-hybridized carbons (Fsp3) is 0.409. The van der Waals surface area contributed by atoms with Crippen LogP contribution in [0.5, 0.6) is 11.5 Å². The predicted octanol–water partition coefficient (Wildman–Crippen LogP) is 3.85. The summed E-state index contributed by atoms with van der Waals surface area (Å²) in [6, 6.07) is 14.4. The van der Waals surface area contributed by atoms with E-state index in [1.807, 2.05) is 35.2 Å². The molecule has 0 unspecified atom stereocenters. The second kappa shape index (κ2) is 7.14. The maximum Gasteiger partial charge on any atom is 0.318 e. The minimum absolute atomic E-state index is 0.0130. The van der Waals surface area contributed by atoms with E-state index in [2.05, 4.69) is 17.4 Å². The molecule has 1 saturated carbocycles. The second-order valence-corrected chi connectivity index (χ2v) is 7.38. The molecule has 2 amide bonds. The van der Waals surface area contributed by atoms with Crippen LogP contribution in [0, 0.1) is 0 Å². The van der Waals surface area contributed by atoms with Crippen LogP contribution in [0.1, 0.15) is 36.0 Å². The number of ether oxygens (including phenoxy) is 2. The van der Waals surface area contributed by atoms with Gasteiger partial charge in [0.25, 0.3) is 0 Å². The Morgan fingerprint density at radius 3 is 2.30 bits per heavy atom. The number of benzene rings is 2. The Labute approximate surface area is 160 Å². The third-order valence-corrected chi connectivity index (χ3v) is 5.88. The average Bonchev–Trinajstić information content (AvgIpc) is 2.69. The summed E-state index contributed by atoms with van der Waals surface area (Å²) in [6.45, 7) is 1.30. The number of nitrogens with zero attached hydrogens (tertiary/aromatic N) is 1. The van der Waals surface area contributed by atoms with Crippen molar-refractivity contribution in [3.8, 4) is 11.5 Å². The Hall–Kier alpha value is -2.69. The first kappa shape index (κ1) is 17.7. The lowest BCUT2D eigenvalue weighted by Gasteiger charge is -2.44. The SMILES string of the molecule is COc1cc2c(cc1OC)CN(C(=O)NC1(c3ccccc3)CCC1)CC2. The minimum atomic E-state index is -0.212. The number of nitrogens with one attached hydrogen (secondary N) is 1. The second-order valence-electron chi connectivity index (χ2n) is 7.38. The summed E-state index contributed by atoms with van der Waals surface area (Å²) in [5, 5.41) is 3.33. The fourth-order valence-corrected chi connectivity index (χ4v) is 4.11. The molecular formula is C22H26N2O3. The van der Waals surface area contributed by atoms with E-state index in [9.17, 15) is 4.79 Å². The largest absolute Gasteiger partial charge is 0.493 e. The summed E-state index contributed by atoms with van der Waals surface area (Å²) >= 11 is 0. The number of hydrogen-bond acceptors (Lipinski definition) is 3. The molecule has 5 nitrogen and oxygen atoms in total. The molecule has 0 atom stereocenters. The number of urea groups is 1. The molecule has 0 saturated heterocycles. The molecule has 27 heavy (non-hydrogen) atoms. The quantitative estimate of drug-likeness (QED) is 0.894. The van der Waals surface area contributed by atoms with E-state index in [1.165, 1.54) is 11.1 Å². The summed E-state index contributed by atoms with van der Waals surface area (Å²) in [4.78, 5) is 14.9. The van der Waals surface area contributed by atoms with Gasteiger partial charge in [-0.25, -0.2) is 4.79 Å². The normalized spacial score (nSPS) is 17.5. The van der Waals surface area contributed by atoms with Gasteiger partial charge in [-0.2, -0.15) is 0 Å². The predicted molar refractivity (Wildman–Crippen MR) is 104 cm³/mol. The van der Waals surface area contributed by atoms with E-state index in [0.29, 0.717) is 18.8 Å². The third-order valence-electron chi connectivity index (χ3n) is 5.88. The van der Waals surface area contributed by atoms with Crippen molar-refractivity contribution >= 4 is 6.03 Å². The number of fused-ring (bicyclic) bond motifs is 1. The van der Waals surface area contributed by atoms with Crippen molar-refractivity contribution < 1.29 is 14.3 Å². The summed E-state index contributed by atoms with van der Waals surface area (Å²) in [6.07, 6.45) is 3.97. The Kier molecular flexibility index (Phi) is 4.68. The van der Waals surface area contributed by atoms with Gasteiger partial charge >= 0.3 is 6.03 Å². The Morgan fingerprint density at radius 1 is 1.04 bits per heavy atom. The molecule has 0 aromatic heterocycles. The molecule has 0 spiro atoms. The number of hydrogen-bond donors (Lipinski definition) is 1. The van der Waals surface area contributed by atoms with Crippen LogP contribution < -0.4 is 14.8 Å². The van der Waals surface area contributed by atoms with Crippen molar-refractivity contribution in [3.05, 3.63) is 59.2 Å². The highest BCUT2D eigenvalue weighted by Crippen LogP contribution is 2.41. The van der Waals surface area contributed by atoms with Crippen molar-refractivity contribution in [2.45, 2.75) is 37.8 Å². The van der Waals surface area contributed by atoms with Gasteiger partial charge in [0.2, 0.25) is 0 Å². The van der Waals surface area contributed by atoms with Crippen molar-refractivity contribution in [2.75, 3.05) is 20.8 Å². The van der Waals surface area contributed by atoms with Gasteiger partial charge in [0, 0.05) is 13.1 Å².